The lowest BCUT2D eigenvalue weighted by atomic mass is 10.1. The smallest absolute Gasteiger partial charge is 0.0353 e. The van der Waals surface area contributed by atoms with Gasteiger partial charge in [0, 0.05) is 0 Å². The van der Waals surface area contributed by atoms with Gasteiger partial charge in [0.2, 0.25) is 0 Å². The second-order valence-electron chi connectivity index (χ2n) is 3.55. The maximum Gasteiger partial charge on any atom is -0.0353 e. The predicted molar refractivity (Wildman–Crippen MR) is 80.1 cm³/mol. The molecular formula is C16H36. The third-order valence-corrected chi connectivity index (χ3v) is 2.26. The first kappa shape index (κ1) is 21.1. The van der Waals surface area contributed by atoms with Crippen LogP contribution < -0.4 is 0 Å². The molecule has 0 radical (unpaired) electrons. The Morgan fingerprint density at radius 3 is 1.44 bits per heavy atom. The van der Waals surface area contributed by atoms with Crippen LogP contribution in [0.1, 0.15) is 92.4 Å². The Balaban J connectivity index is -0.000000376. The first-order valence-corrected chi connectivity index (χ1v) is 7.52. The van der Waals surface area contributed by atoms with Gasteiger partial charge < -0.3 is 0 Å². The molecule has 0 unspecified atom stereocenters. The van der Waals surface area contributed by atoms with Gasteiger partial charge in [0.05, 0.1) is 0 Å². The third kappa shape index (κ3) is 29.2. The van der Waals surface area contributed by atoms with Crippen LogP contribution in [0, 0.1) is 0 Å². The van der Waals surface area contributed by atoms with Gasteiger partial charge in [-0.2, -0.15) is 0 Å². The van der Waals surface area contributed by atoms with Crippen LogP contribution >= 0.6 is 0 Å². The zero-order chi connectivity index (χ0) is 13.1. The lowest BCUT2D eigenvalue weighted by Crippen LogP contribution is -1.79. The van der Waals surface area contributed by atoms with Crippen LogP contribution in [-0.2, 0) is 0 Å². The van der Waals surface area contributed by atoms with Gasteiger partial charge >= 0.3 is 0 Å². The molecule has 0 aliphatic heterocycles. The predicted octanol–water partition coefficient (Wildman–Crippen LogP) is 6.76. The van der Waals surface area contributed by atoms with Crippen molar-refractivity contribution in [3.8, 4) is 0 Å². The van der Waals surface area contributed by atoms with Crippen LogP contribution in [0.4, 0.5) is 0 Å². The summed E-state index contributed by atoms with van der Waals surface area (Å²) in [5.41, 5.74) is 0. The molecule has 0 aliphatic carbocycles. The highest BCUT2D eigenvalue weighted by Crippen LogP contribution is 2.09. The molecule has 0 heteroatoms. The lowest BCUT2D eigenvalue weighted by Gasteiger charge is -1.99. The monoisotopic (exact) mass is 228 g/mol. The third-order valence-electron chi connectivity index (χ3n) is 2.26. The van der Waals surface area contributed by atoms with E-state index in [0.717, 1.165) is 0 Å². The van der Waals surface area contributed by atoms with Gasteiger partial charge in [-0.3, -0.25) is 0 Å². The van der Waals surface area contributed by atoms with Crippen molar-refractivity contribution < 1.29 is 0 Å². The summed E-state index contributed by atoms with van der Waals surface area (Å²) in [6.45, 7) is 14.0. The molecular weight excluding hydrogens is 192 g/mol. The number of rotatable bonds is 9. The van der Waals surface area contributed by atoms with Crippen molar-refractivity contribution in [2.45, 2.75) is 92.4 Å². The SMILES string of the molecule is C=CCCCCCCCCCC.CC.CC. The Bertz CT molecular complexity index is 84.0. The fraction of sp³-hybridized carbons (Fsp3) is 0.875. The van der Waals surface area contributed by atoms with E-state index in [4.69, 9.17) is 0 Å². The van der Waals surface area contributed by atoms with Crippen molar-refractivity contribution in [1.82, 2.24) is 0 Å². The molecule has 100 valence electrons. The normalized spacial score (nSPS) is 8.31. The molecule has 0 aromatic heterocycles. The minimum absolute atomic E-state index is 1.20. The summed E-state index contributed by atoms with van der Waals surface area (Å²) in [5, 5.41) is 0. The van der Waals surface area contributed by atoms with Gasteiger partial charge in [-0.15, -0.1) is 6.58 Å². The number of allylic oxidation sites excluding steroid dienone is 1. The highest BCUT2D eigenvalue weighted by Gasteiger charge is 1.89. The van der Waals surface area contributed by atoms with Gasteiger partial charge in [-0.05, 0) is 12.8 Å². The summed E-state index contributed by atoms with van der Waals surface area (Å²) in [6, 6.07) is 0. The topological polar surface area (TPSA) is 0 Å². The minimum atomic E-state index is 1.20. The fourth-order valence-electron chi connectivity index (χ4n) is 1.42. The molecule has 16 heavy (non-hydrogen) atoms. The molecule has 0 nitrogen and oxygen atoms in total. The molecule has 0 amide bonds. The van der Waals surface area contributed by atoms with E-state index in [1.807, 2.05) is 33.8 Å². The summed E-state index contributed by atoms with van der Waals surface area (Å²) in [4.78, 5) is 0. The van der Waals surface area contributed by atoms with E-state index in [-0.39, 0.29) is 0 Å². The van der Waals surface area contributed by atoms with Crippen LogP contribution in [0.25, 0.3) is 0 Å². The molecule has 0 spiro atoms. The Kier molecular flexibility index (Phi) is 38.6. The minimum Gasteiger partial charge on any atom is -0.103 e. The zero-order valence-corrected chi connectivity index (χ0v) is 12.6. The molecule has 0 aromatic carbocycles. The summed E-state index contributed by atoms with van der Waals surface area (Å²) >= 11 is 0. The van der Waals surface area contributed by atoms with Gasteiger partial charge in [-0.1, -0.05) is 85.6 Å². The summed E-state index contributed by atoms with van der Waals surface area (Å²) < 4.78 is 0. The molecule has 0 rings (SSSR count). The molecule has 0 atom stereocenters. The average molecular weight is 228 g/mol. The zero-order valence-electron chi connectivity index (χ0n) is 12.6. The molecule has 0 N–H and O–H groups in total. The van der Waals surface area contributed by atoms with Gasteiger partial charge in [0.25, 0.3) is 0 Å². The second kappa shape index (κ2) is 29.3. The molecule has 0 aromatic rings. The van der Waals surface area contributed by atoms with Crippen molar-refractivity contribution in [2.75, 3.05) is 0 Å². The average Bonchev–Trinajstić information content (AvgIpc) is 2.38. The van der Waals surface area contributed by atoms with Gasteiger partial charge in [-0.25, -0.2) is 0 Å². The van der Waals surface area contributed by atoms with E-state index < -0.39 is 0 Å². The largest absolute Gasteiger partial charge is 0.103 e. The van der Waals surface area contributed by atoms with Crippen molar-refractivity contribution in [3.05, 3.63) is 12.7 Å². The number of hydrogen-bond acceptors (Lipinski definition) is 0. The van der Waals surface area contributed by atoms with E-state index in [9.17, 15) is 0 Å². The van der Waals surface area contributed by atoms with Crippen LogP contribution in [0.3, 0.4) is 0 Å². The summed E-state index contributed by atoms with van der Waals surface area (Å²) in [7, 11) is 0. The molecule has 0 saturated carbocycles. The molecule has 0 heterocycles. The fourth-order valence-corrected chi connectivity index (χ4v) is 1.42. The maximum absolute atomic E-state index is 3.72. The van der Waals surface area contributed by atoms with Gasteiger partial charge in [0.15, 0.2) is 0 Å². The second-order valence-corrected chi connectivity index (χ2v) is 3.55. The quantitative estimate of drug-likeness (QED) is 0.302. The van der Waals surface area contributed by atoms with Gasteiger partial charge in [0.1, 0.15) is 0 Å². The first-order chi connectivity index (χ1) is 7.91. The highest BCUT2D eigenvalue weighted by atomic mass is 14.0. The Morgan fingerprint density at radius 2 is 1.06 bits per heavy atom. The van der Waals surface area contributed by atoms with E-state index in [1.165, 1.54) is 57.8 Å². The van der Waals surface area contributed by atoms with E-state index >= 15 is 0 Å². The number of hydrogen-bond donors (Lipinski definition) is 0. The first-order valence-electron chi connectivity index (χ1n) is 7.52. The Morgan fingerprint density at radius 1 is 0.688 bits per heavy atom. The molecule has 0 aliphatic rings. The van der Waals surface area contributed by atoms with E-state index in [2.05, 4.69) is 13.5 Å². The highest BCUT2D eigenvalue weighted by molar-refractivity contribution is 4.65. The summed E-state index contributed by atoms with van der Waals surface area (Å²) in [5.74, 6) is 0. The molecule has 0 saturated heterocycles. The van der Waals surface area contributed by atoms with Crippen molar-refractivity contribution in [3.63, 3.8) is 0 Å². The van der Waals surface area contributed by atoms with Crippen molar-refractivity contribution in [2.24, 2.45) is 0 Å². The van der Waals surface area contributed by atoms with Crippen LogP contribution in [-0.4, -0.2) is 0 Å². The Hall–Kier alpha value is -0.260. The van der Waals surface area contributed by atoms with Crippen LogP contribution in [0.15, 0.2) is 12.7 Å². The molecule has 0 bridgehead atoms. The lowest BCUT2D eigenvalue weighted by molar-refractivity contribution is 0.578. The molecule has 0 fully saturated rings. The Labute approximate surface area is 106 Å². The van der Waals surface area contributed by atoms with Crippen molar-refractivity contribution >= 4 is 0 Å². The van der Waals surface area contributed by atoms with Crippen molar-refractivity contribution in [1.29, 1.82) is 0 Å². The van der Waals surface area contributed by atoms with Crippen LogP contribution in [0.5, 0.6) is 0 Å². The van der Waals surface area contributed by atoms with E-state index in [1.54, 1.807) is 0 Å². The van der Waals surface area contributed by atoms with Crippen LogP contribution in [0.2, 0.25) is 0 Å². The van der Waals surface area contributed by atoms with E-state index in [0.29, 0.717) is 0 Å². The standard InChI is InChI=1S/C12H24.2C2H6/c1-3-5-7-9-11-12-10-8-6-4-2;2*1-2/h3H,1,4-12H2,2H3;2*1-2H3. The number of unbranched alkanes of at least 4 members (excludes halogenated alkanes) is 8. The maximum atomic E-state index is 3.72. The summed E-state index contributed by atoms with van der Waals surface area (Å²) in [6.07, 6.45) is 14.5.